The van der Waals surface area contributed by atoms with Crippen LogP contribution in [0.1, 0.15) is 18.4 Å². The van der Waals surface area contributed by atoms with Crippen LogP contribution in [0.25, 0.3) is 5.57 Å². The van der Waals surface area contributed by atoms with Crippen LogP contribution in [-0.4, -0.2) is 19.0 Å². The molecular formula is C14H16ClN. The summed E-state index contributed by atoms with van der Waals surface area (Å²) in [6.07, 6.45) is 6.76. The van der Waals surface area contributed by atoms with Gasteiger partial charge in [-0.05, 0) is 42.2 Å². The average molecular weight is 234 g/mol. The van der Waals surface area contributed by atoms with Crippen LogP contribution >= 0.6 is 11.6 Å². The predicted octanol–water partition coefficient (Wildman–Crippen LogP) is 3.96. The summed E-state index contributed by atoms with van der Waals surface area (Å²) in [6, 6.07) is 8.08. The van der Waals surface area contributed by atoms with Gasteiger partial charge in [0.15, 0.2) is 0 Å². The van der Waals surface area contributed by atoms with E-state index in [9.17, 15) is 0 Å². The van der Waals surface area contributed by atoms with Gasteiger partial charge in [0, 0.05) is 24.8 Å². The molecule has 2 rings (SSSR count). The topological polar surface area (TPSA) is 3.24 Å². The zero-order valence-electron chi connectivity index (χ0n) is 9.70. The van der Waals surface area contributed by atoms with Crippen molar-refractivity contribution in [3.8, 4) is 0 Å². The van der Waals surface area contributed by atoms with E-state index in [-0.39, 0.29) is 0 Å². The Bertz CT molecular complexity index is 427. The van der Waals surface area contributed by atoms with E-state index in [1.54, 1.807) is 0 Å². The molecule has 16 heavy (non-hydrogen) atoms. The number of hydrogen-bond acceptors (Lipinski definition) is 1. The minimum Gasteiger partial charge on any atom is -0.378 e. The molecule has 0 spiro atoms. The van der Waals surface area contributed by atoms with E-state index in [0.29, 0.717) is 0 Å². The van der Waals surface area contributed by atoms with Gasteiger partial charge in [0.05, 0.1) is 0 Å². The van der Waals surface area contributed by atoms with Gasteiger partial charge in [0.1, 0.15) is 0 Å². The van der Waals surface area contributed by atoms with E-state index < -0.39 is 0 Å². The van der Waals surface area contributed by atoms with E-state index in [1.165, 1.54) is 16.8 Å². The molecule has 0 saturated carbocycles. The second-order valence-electron chi connectivity index (χ2n) is 4.24. The molecule has 0 atom stereocenters. The van der Waals surface area contributed by atoms with Crippen molar-refractivity contribution in [1.29, 1.82) is 0 Å². The van der Waals surface area contributed by atoms with Gasteiger partial charge in [-0.15, -0.1) is 0 Å². The highest BCUT2D eigenvalue weighted by Gasteiger charge is 2.08. The number of rotatable bonds is 2. The highest BCUT2D eigenvalue weighted by Crippen LogP contribution is 2.27. The summed E-state index contributed by atoms with van der Waals surface area (Å²) in [6.45, 7) is 0. The summed E-state index contributed by atoms with van der Waals surface area (Å²) < 4.78 is 0. The van der Waals surface area contributed by atoms with Crippen LogP contribution < -0.4 is 0 Å². The van der Waals surface area contributed by atoms with E-state index in [1.807, 2.05) is 12.1 Å². The lowest BCUT2D eigenvalue weighted by atomic mass is 9.96. The van der Waals surface area contributed by atoms with Crippen LogP contribution in [0.5, 0.6) is 0 Å². The van der Waals surface area contributed by atoms with Crippen molar-refractivity contribution in [2.45, 2.75) is 12.8 Å². The Kier molecular flexibility index (Phi) is 3.35. The molecule has 0 saturated heterocycles. The summed E-state index contributed by atoms with van der Waals surface area (Å²) in [5.74, 6) is 0. The minimum atomic E-state index is 0.795. The lowest BCUT2D eigenvalue weighted by Crippen LogP contribution is -2.11. The maximum atomic E-state index is 5.89. The van der Waals surface area contributed by atoms with Crippen molar-refractivity contribution in [2.24, 2.45) is 0 Å². The predicted molar refractivity (Wildman–Crippen MR) is 70.4 cm³/mol. The van der Waals surface area contributed by atoms with Crippen LogP contribution in [-0.2, 0) is 0 Å². The van der Waals surface area contributed by atoms with Crippen LogP contribution in [0.15, 0.2) is 42.1 Å². The van der Waals surface area contributed by atoms with Crippen molar-refractivity contribution in [2.75, 3.05) is 14.1 Å². The average Bonchev–Trinajstić information content (AvgIpc) is 2.30. The van der Waals surface area contributed by atoms with Gasteiger partial charge in [-0.3, -0.25) is 0 Å². The molecule has 0 N–H and O–H groups in total. The van der Waals surface area contributed by atoms with Crippen molar-refractivity contribution in [1.82, 2.24) is 4.90 Å². The number of nitrogens with zero attached hydrogens (tertiary/aromatic N) is 1. The second kappa shape index (κ2) is 4.75. The quantitative estimate of drug-likeness (QED) is 0.747. The summed E-state index contributed by atoms with van der Waals surface area (Å²) in [7, 11) is 4.15. The Labute approximate surface area is 102 Å². The maximum absolute atomic E-state index is 5.89. The molecule has 1 nitrogen and oxygen atoms in total. The molecule has 2 heteroatoms. The Hall–Kier alpha value is -1.21. The lowest BCUT2D eigenvalue weighted by molar-refractivity contribution is 0.524. The van der Waals surface area contributed by atoms with E-state index >= 15 is 0 Å². The molecular weight excluding hydrogens is 218 g/mol. The molecule has 1 aliphatic carbocycles. The molecule has 0 heterocycles. The molecule has 0 radical (unpaired) electrons. The summed E-state index contributed by atoms with van der Waals surface area (Å²) in [5, 5.41) is 0.795. The zero-order chi connectivity index (χ0) is 11.5. The standard InChI is InChI=1S/C14H16ClN/c1-16(2)14-5-3-4-12(10-14)11-6-8-13(15)9-7-11/h5-10H,3-4H2,1-2H3. The van der Waals surface area contributed by atoms with Crippen molar-refractivity contribution in [3.63, 3.8) is 0 Å². The molecule has 0 unspecified atom stereocenters. The molecule has 0 aromatic heterocycles. The Morgan fingerprint density at radius 2 is 1.81 bits per heavy atom. The summed E-state index contributed by atoms with van der Waals surface area (Å²) in [4.78, 5) is 2.15. The van der Waals surface area contributed by atoms with Gasteiger partial charge in [0.2, 0.25) is 0 Å². The van der Waals surface area contributed by atoms with Gasteiger partial charge in [-0.25, -0.2) is 0 Å². The monoisotopic (exact) mass is 233 g/mol. The maximum Gasteiger partial charge on any atom is 0.0406 e. The van der Waals surface area contributed by atoms with Crippen LogP contribution in [0, 0.1) is 0 Å². The fraction of sp³-hybridized carbons (Fsp3) is 0.286. The lowest BCUT2D eigenvalue weighted by Gasteiger charge is -2.20. The van der Waals surface area contributed by atoms with Crippen molar-refractivity contribution in [3.05, 3.63) is 52.7 Å². The summed E-state index contributed by atoms with van der Waals surface area (Å²) >= 11 is 5.89. The van der Waals surface area contributed by atoms with Gasteiger partial charge in [-0.2, -0.15) is 0 Å². The van der Waals surface area contributed by atoms with Gasteiger partial charge < -0.3 is 4.90 Å². The first-order valence-electron chi connectivity index (χ1n) is 5.51. The highest BCUT2D eigenvalue weighted by atomic mass is 35.5. The zero-order valence-corrected chi connectivity index (χ0v) is 10.5. The molecule has 0 fully saturated rings. The highest BCUT2D eigenvalue weighted by molar-refractivity contribution is 6.30. The molecule has 84 valence electrons. The van der Waals surface area contributed by atoms with E-state index in [4.69, 9.17) is 11.6 Å². The molecule has 0 bridgehead atoms. The third kappa shape index (κ3) is 2.48. The molecule has 0 amide bonds. The third-order valence-corrected chi connectivity index (χ3v) is 3.07. The minimum absolute atomic E-state index is 0.795. The smallest absolute Gasteiger partial charge is 0.0406 e. The molecule has 1 aliphatic rings. The number of likely N-dealkylation sites (N-methyl/N-ethyl adjacent to an activating group) is 1. The van der Waals surface area contributed by atoms with Crippen LogP contribution in [0.4, 0.5) is 0 Å². The number of halogens is 1. The Morgan fingerprint density at radius 1 is 1.12 bits per heavy atom. The number of allylic oxidation sites excluding steroid dienone is 3. The normalized spacial score (nSPS) is 15.4. The Balaban J connectivity index is 2.28. The van der Waals surface area contributed by atoms with Crippen molar-refractivity contribution < 1.29 is 0 Å². The molecule has 1 aromatic rings. The first kappa shape index (κ1) is 11.3. The SMILES string of the molecule is CN(C)C1=CCCC(c2ccc(Cl)cc2)=C1. The fourth-order valence-electron chi connectivity index (χ4n) is 1.89. The van der Waals surface area contributed by atoms with Gasteiger partial charge in [0.25, 0.3) is 0 Å². The molecule has 1 aromatic carbocycles. The fourth-order valence-corrected chi connectivity index (χ4v) is 2.01. The van der Waals surface area contributed by atoms with Crippen LogP contribution in [0.2, 0.25) is 5.02 Å². The third-order valence-electron chi connectivity index (χ3n) is 2.82. The van der Waals surface area contributed by atoms with Crippen molar-refractivity contribution >= 4 is 17.2 Å². The Morgan fingerprint density at radius 3 is 2.44 bits per heavy atom. The van der Waals surface area contributed by atoms with Crippen LogP contribution in [0.3, 0.4) is 0 Å². The number of benzene rings is 1. The van der Waals surface area contributed by atoms with E-state index in [2.05, 4.69) is 43.3 Å². The first-order chi connectivity index (χ1) is 7.66. The van der Waals surface area contributed by atoms with Gasteiger partial charge >= 0.3 is 0 Å². The second-order valence-corrected chi connectivity index (χ2v) is 4.67. The summed E-state index contributed by atoms with van der Waals surface area (Å²) in [5.41, 5.74) is 3.95. The van der Waals surface area contributed by atoms with E-state index in [0.717, 1.165) is 17.9 Å². The van der Waals surface area contributed by atoms with Gasteiger partial charge in [-0.1, -0.05) is 29.8 Å². The number of hydrogen-bond donors (Lipinski definition) is 0. The first-order valence-corrected chi connectivity index (χ1v) is 5.88. The largest absolute Gasteiger partial charge is 0.378 e. The molecule has 0 aliphatic heterocycles.